The Morgan fingerprint density at radius 1 is 1.70 bits per heavy atom. The van der Waals surface area contributed by atoms with Gasteiger partial charge < -0.3 is 11.1 Å². The SMILES string of the molecule is CC(NC(N)=O)C(C)(F)F. The molecule has 3 nitrogen and oxygen atoms in total. The standard InChI is InChI=1S/C5H10F2N2O/c1-3(5(2,6)7)9-4(8)10/h3H,1-2H3,(H3,8,9,10). The van der Waals surface area contributed by atoms with E-state index in [1.54, 1.807) is 0 Å². The zero-order chi connectivity index (χ0) is 8.36. The van der Waals surface area contributed by atoms with E-state index in [0.717, 1.165) is 0 Å². The number of alkyl halides is 2. The Hall–Kier alpha value is -0.870. The highest BCUT2D eigenvalue weighted by atomic mass is 19.3. The molecule has 0 saturated carbocycles. The highest BCUT2D eigenvalue weighted by Gasteiger charge is 2.30. The molecule has 1 atom stereocenters. The number of carbonyl (C=O) groups is 1. The van der Waals surface area contributed by atoms with Gasteiger partial charge in [-0.15, -0.1) is 0 Å². The van der Waals surface area contributed by atoms with E-state index in [1.807, 2.05) is 5.32 Å². The topological polar surface area (TPSA) is 55.1 Å². The number of hydrogen-bond donors (Lipinski definition) is 2. The quantitative estimate of drug-likeness (QED) is 0.601. The van der Waals surface area contributed by atoms with E-state index in [0.29, 0.717) is 6.92 Å². The third kappa shape index (κ3) is 3.21. The van der Waals surface area contributed by atoms with Crippen LogP contribution < -0.4 is 11.1 Å². The van der Waals surface area contributed by atoms with Gasteiger partial charge in [0, 0.05) is 6.92 Å². The van der Waals surface area contributed by atoms with Crippen LogP contribution in [0.2, 0.25) is 0 Å². The predicted molar refractivity (Wildman–Crippen MR) is 32.8 cm³/mol. The second-order valence-corrected chi connectivity index (χ2v) is 2.19. The van der Waals surface area contributed by atoms with Crippen LogP contribution in [0, 0.1) is 0 Å². The van der Waals surface area contributed by atoms with Crippen LogP contribution in [-0.4, -0.2) is 18.0 Å². The molecule has 0 radical (unpaired) electrons. The Kier molecular flexibility index (Phi) is 2.56. The Balaban J connectivity index is 3.85. The van der Waals surface area contributed by atoms with Crippen molar-refractivity contribution >= 4 is 6.03 Å². The largest absolute Gasteiger partial charge is 0.352 e. The average Bonchev–Trinajstić information content (AvgIpc) is 1.60. The smallest absolute Gasteiger partial charge is 0.312 e. The molecule has 0 aliphatic heterocycles. The van der Waals surface area contributed by atoms with Gasteiger partial charge in [-0.25, -0.2) is 13.6 Å². The maximum absolute atomic E-state index is 12.2. The van der Waals surface area contributed by atoms with E-state index in [4.69, 9.17) is 0 Å². The molecule has 2 amide bonds. The lowest BCUT2D eigenvalue weighted by Gasteiger charge is -2.18. The number of halogens is 2. The van der Waals surface area contributed by atoms with Crippen LogP contribution in [0.3, 0.4) is 0 Å². The Labute approximate surface area is 57.6 Å². The van der Waals surface area contributed by atoms with Crippen molar-refractivity contribution in [2.45, 2.75) is 25.8 Å². The predicted octanol–water partition coefficient (Wildman–Crippen LogP) is 0.698. The van der Waals surface area contributed by atoms with Gasteiger partial charge >= 0.3 is 6.03 Å². The molecule has 60 valence electrons. The van der Waals surface area contributed by atoms with Crippen molar-refractivity contribution in [3.05, 3.63) is 0 Å². The normalized spacial score (nSPS) is 14.4. The second kappa shape index (κ2) is 2.81. The molecule has 0 aromatic carbocycles. The molecule has 0 aromatic heterocycles. The third-order valence-corrected chi connectivity index (χ3v) is 1.12. The third-order valence-electron chi connectivity index (χ3n) is 1.12. The van der Waals surface area contributed by atoms with Gasteiger partial charge in [-0.1, -0.05) is 0 Å². The molecule has 10 heavy (non-hydrogen) atoms. The number of hydrogen-bond acceptors (Lipinski definition) is 1. The van der Waals surface area contributed by atoms with Crippen molar-refractivity contribution < 1.29 is 13.6 Å². The Morgan fingerprint density at radius 3 is 2.20 bits per heavy atom. The van der Waals surface area contributed by atoms with Gasteiger partial charge in [-0.3, -0.25) is 0 Å². The molecule has 5 heteroatoms. The van der Waals surface area contributed by atoms with Crippen molar-refractivity contribution in [3.63, 3.8) is 0 Å². The summed E-state index contributed by atoms with van der Waals surface area (Å²) >= 11 is 0. The lowest BCUT2D eigenvalue weighted by atomic mass is 10.2. The number of carbonyl (C=O) groups excluding carboxylic acids is 1. The zero-order valence-electron chi connectivity index (χ0n) is 5.82. The highest BCUT2D eigenvalue weighted by molar-refractivity contribution is 5.72. The van der Waals surface area contributed by atoms with Gasteiger partial charge in [0.25, 0.3) is 5.92 Å². The number of nitrogens with one attached hydrogen (secondary N) is 1. The van der Waals surface area contributed by atoms with Crippen LogP contribution in [0.5, 0.6) is 0 Å². The molecule has 0 saturated heterocycles. The van der Waals surface area contributed by atoms with E-state index in [9.17, 15) is 13.6 Å². The first-order valence-electron chi connectivity index (χ1n) is 2.78. The van der Waals surface area contributed by atoms with Crippen molar-refractivity contribution in [1.29, 1.82) is 0 Å². The monoisotopic (exact) mass is 152 g/mol. The number of nitrogens with two attached hydrogens (primary N) is 1. The molecule has 1 unspecified atom stereocenters. The van der Waals surface area contributed by atoms with Gasteiger partial charge in [0.15, 0.2) is 0 Å². The lowest BCUT2D eigenvalue weighted by molar-refractivity contribution is -0.00803. The van der Waals surface area contributed by atoms with Gasteiger partial charge in [0.05, 0.1) is 6.04 Å². The minimum atomic E-state index is -2.92. The molecule has 0 fully saturated rings. The van der Waals surface area contributed by atoms with Gasteiger partial charge in [-0.05, 0) is 6.92 Å². The van der Waals surface area contributed by atoms with E-state index in [2.05, 4.69) is 5.73 Å². The molecule has 0 spiro atoms. The number of amides is 2. The lowest BCUT2D eigenvalue weighted by Crippen LogP contribution is -2.46. The fourth-order valence-electron chi connectivity index (χ4n) is 0.340. The summed E-state index contributed by atoms with van der Waals surface area (Å²) < 4.78 is 24.4. The van der Waals surface area contributed by atoms with Crippen molar-refractivity contribution in [1.82, 2.24) is 5.32 Å². The molecule has 0 aliphatic carbocycles. The van der Waals surface area contributed by atoms with Crippen LogP contribution in [-0.2, 0) is 0 Å². The molecule has 3 N–H and O–H groups in total. The van der Waals surface area contributed by atoms with E-state index in [-0.39, 0.29) is 0 Å². The van der Waals surface area contributed by atoms with Crippen molar-refractivity contribution in [3.8, 4) is 0 Å². The molecule has 0 bridgehead atoms. The van der Waals surface area contributed by atoms with Gasteiger partial charge in [0.1, 0.15) is 0 Å². The van der Waals surface area contributed by atoms with E-state index < -0.39 is 18.0 Å². The molecular formula is C5H10F2N2O. The molecule has 0 aliphatic rings. The number of primary amides is 1. The minimum absolute atomic E-state index is 0.716. The first kappa shape index (κ1) is 9.13. The fourth-order valence-corrected chi connectivity index (χ4v) is 0.340. The maximum atomic E-state index is 12.2. The van der Waals surface area contributed by atoms with Crippen molar-refractivity contribution in [2.24, 2.45) is 5.73 Å². The molecule has 0 heterocycles. The van der Waals surface area contributed by atoms with E-state index >= 15 is 0 Å². The summed E-state index contributed by atoms with van der Waals surface area (Å²) in [7, 11) is 0. The number of rotatable bonds is 2. The summed E-state index contributed by atoms with van der Waals surface area (Å²) in [5.41, 5.74) is 4.61. The molecule has 0 aromatic rings. The summed E-state index contributed by atoms with van der Waals surface area (Å²) in [5, 5.41) is 1.87. The Morgan fingerprint density at radius 2 is 2.10 bits per heavy atom. The highest BCUT2D eigenvalue weighted by Crippen LogP contribution is 2.15. The van der Waals surface area contributed by atoms with Crippen LogP contribution in [0.25, 0.3) is 0 Å². The fraction of sp³-hybridized carbons (Fsp3) is 0.800. The first-order valence-corrected chi connectivity index (χ1v) is 2.78. The van der Waals surface area contributed by atoms with Gasteiger partial charge in [-0.2, -0.15) is 0 Å². The number of urea groups is 1. The summed E-state index contributed by atoms with van der Waals surface area (Å²) in [4.78, 5) is 10.0. The second-order valence-electron chi connectivity index (χ2n) is 2.19. The summed E-state index contributed by atoms with van der Waals surface area (Å²) in [6.45, 7) is 1.90. The molecule has 0 rings (SSSR count). The van der Waals surface area contributed by atoms with Gasteiger partial charge in [0.2, 0.25) is 0 Å². The van der Waals surface area contributed by atoms with Crippen LogP contribution in [0.15, 0.2) is 0 Å². The minimum Gasteiger partial charge on any atom is -0.352 e. The first-order chi connectivity index (χ1) is 4.34. The summed E-state index contributed by atoms with van der Waals surface area (Å²) in [6, 6.07) is -2.15. The van der Waals surface area contributed by atoms with Crippen LogP contribution >= 0.6 is 0 Å². The van der Waals surface area contributed by atoms with Crippen LogP contribution in [0.1, 0.15) is 13.8 Å². The van der Waals surface area contributed by atoms with Crippen LogP contribution in [0.4, 0.5) is 13.6 Å². The average molecular weight is 152 g/mol. The maximum Gasteiger partial charge on any atom is 0.312 e. The Bertz CT molecular complexity index is 132. The van der Waals surface area contributed by atoms with Crippen molar-refractivity contribution in [2.75, 3.05) is 0 Å². The molecular weight excluding hydrogens is 142 g/mol. The summed E-state index contributed by atoms with van der Waals surface area (Å²) in [6.07, 6.45) is 0. The van der Waals surface area contributed by atoms with E-state index in [1.165, 1.54) is 6.92 Å². The zero-order valence-corrected chi connectivity index (χ0v) is 5.82. The summed E-state index contributed by atoms with van der Waals surface area (Å²) in [5.74, 6) is -2.92.